The molecule has 2 atom stereocenters. The van der Waals surface area contributed by atoms with Crippen molar-refractivity contribution in [3.8, 4) is 0 Å². The lowest BCUT2D eigenvalue weighted by atomic mass is 10.1. The second kappa shape index (κ2) is 6.08. The van der Waals surface area contributed by atoms with E-state index in [9.17, 15) is 19.5 Å². The highest BCUT2D eigenvalue weighted by molar-refractivity contribution is 6.03. The van der Waals surface area contributed by atoms with Crippen molar-refractivity contribution in [3.05, 3.63) is 48.4 Å². The maximum Gasteiger partial charge on any atom is 0.307 e. The van der Waals surface area contributed by atoms with Gasteiger partial charge in [0.25, 0.3) is 5.91 Å². The van der Waals surface area contributed by atoms with Crippen LogP contribution in [0.2, 0.25) is 0 Å². The molecule has 1 aliphatic carbocycles. The average Bonchev–Trinajstić information content (AvgIpc) is 2.88. The molecule has 1 aromatic heterocycles. The van der Waals surface area contributed by atoms with E-state index in [1.807, 2.05) is 0 Å². The number of nitrogens with one attached hydrogen (secondary N) is 2. The predicted molar refractivity (Wildman–Crippen MR) is 90.1 cm³/mol. The van der Waals surface area contributed by atoms with Gasteiger partial charge in [-0.2, -0.15) is 0 Å². The molecule has 1 fully saturated rings. The number of hydrogen-bond donors (Lipinski definition) is 3. The normalized spacial score (nSPS) is 20.6. The van der Waals surface area contributed by atoms with Gasteiger partial charge in [0, 0.05) is 11.4 Å². The first kappa shape index (κ1) is 16.8. The van der Waals surface area contributed by atoms with E-state index >= 15 is 0 Å². The Morgan fingerprint density at radius 2 is 1.72 bits per heavy atom. The van der Waals surface area contributed by atoms with Crippen LogP contribution in [-0.2, 0) is 9.59 Å². The maximum atomic E-state index is 12.3. The standard InChI is InChI=1S/C18H18N2O5/c1-18(2)13(14(18)17(23)24)16(22)20-11-6-3-5-10(9-11)19-15(21)12-7-4-8-25-12/h3-9,13-14H,1-2H3,(H,19,21)(H,20,22)(H,23,24)/t13-,14+/m0/s1. The highest BCUT2D eigenvalue weighted by atomic mass is 16.4. The van der Waals surface area contributed by atoms with E-state index < -0.39 is 29.1 Å². The van der Waals surface area contributed by atoms with Crippen LogP contribution in [0.1, 0.15) is 24.4 Å². The highest BCUT2D eigenvalue weighted by Crippen LogP contribution is 2.58. The molecule has 1 heterocycles. The molecule has 1 aromatic carbocycles. The SMILES string of the molecule is CC1(C)[C@H](C(=O)Nc2cccc(NC(=O)c3ccco3)c2)[C@@H]1C(=O)O. The van der Waals surface area contributed by atoms with Crippen molar-refractivity contribution in [2.24, 2.45) is 17.3 Å². The molecule has 7 heteroatoms. The lowest BCUT2D eigenvalue weighted by Crippen LogP contribution is -2.18. The fourth-order valence-corrected chi connectivity index (χ4v) is 3.08. The van der Waals surface area contributed by atoms with E-state index in [4.69, 9.17) is 4.42 Å². The van der Waals surface area contributed by atoms with E-state index in [-0.39, 0.29) is 11.7 Å². The Balaban J connectivity index is 1.67. The van der Waals surface area contributed by atoms with Crippen LogP contribution in [0.15, 0.2) is 47.1 Å². The number of aliphatic carboxylic acids is 1. The van der Waals surface area contributed by atoms with Gasteiger partial charge in [0.1, 0.15) is 0 Å². The topological polar surface area (TPSA) is 109 Å². The van der Waals surface area contributed by atoms with Crippen LogP contribution in [0.25, 0.3) is 0 Å². The van der Waals surface area contributed by atoms with Gasteiger partial charge in [0.2, 0.25) is 5.91 Å². The van der Waals surface area contributed by atoms with Crippen LogP contribution in [-0.4, -0.2) is 22.9 Å². The van der Waals surface area contributed by atoms with Gasteiger partial charge in [0.05, 0.1) is 18.1 Å². The van der Waals surface area contributed by atoms with Crippen LogP contribution in [0.5, 0.6) is 0 Å². The summed E-state index contributed by atoms with van der Waals surface area (Å²) in [5.41, 5.74) is 0.402. The van der Waals surface area contributed by atoms with Crippen LogP contribution in [0.4, 0.5) is 11.4 Å². The number of carboxylic acid groups (broad SMARTS) is 1. The first-order chi connectivity index (χ1) is 11.8. The first-order valence-electron chi connectivity index (χ1n) is 7.79. The van der Waals surface area contributed by atoms with Gasteiger partial charge in [-0.15, -0.1) is 0 Å². The largest absolute Gasteiger partial charge is 0.481 e. The molecule has 3 N–H and O–H groups in total. The Morgan fingerprint density at radius 1 is 1.04 bits per heavy atom. The highest BCUT2D eigenvalue weighted by Gasteiger charge is 2.65. The number of anilines is 2. The monoisotopic (exact) mass is 342 g/mol. The summed E-state index contributed by atoms with van der Waals surface area (Å²) >= 11 is 0. The number of furan rings is 1. The third-order valence-electron chi connectivity index (χ3n) is 4.51. The molecular formula is C18H18N2O5. The number of hydrogen-bond acceptors (Lipinski definition) is 4. The second-order valence-corrected chi connectivity index (χ2v) is 6.62. The van der Waals surface area contributed by atoms with E-state index in [0.717, 1.165) is 0 Å². The Hall–Kier alpha value is -3.09. The minimum atomic E-state index is -0.968. The maximum absolute atomic E-state index is 12.3. The van der Waals surface area contributed by atoms with Crippen molar-refractivity contribution < 1.29 is 23.9 Å². The minimum absolute atomic E-state index is 0.179. The summed E-state index contributed by atoms with van der Waals surface area (Å²) in [7, 11) is 0. The Labute approximate surface area is 144 Å². The molecule has 0 saturated heterocycles. The third kappa shape index (κ3) is 3.26. The van der Waals surface area contributed by atoms with E-state index in [0.29, 0.717) is 11.4 Å². The smallest absolute Gasteiger partial charge is 0.307 e. The summed E-state index contributed by atoms with van der Waals surface area (Å²) in [6.45, 7) is 3.52. The second-order valence-electron chi connectivity index (χ2n) is 6.62. The zero-order valence-corrected chi connectivity index (χ0v) is 13.8. The van der Waals surface area contributed by atoms with Crippen LogP contribution >= 0.6 is 0 Å². The molecule has 0 spiro atoms. The zero-order valence-electron chi connectivity index (χ0n) is 13.8. The summed E-state index contributed by atoms with van der Waals surface area (Å²) < 4.78 is 5.02. The summed E-state index contributed by atoms with van der Waals surface area (Å²) in [6.07, 6.45) is 1.40. The summed E-state index contributed by atoms with van der Waals surface area (Å²) in [5.74, 6) is -2.79. The van der Waals surface area contributed by atoms with Gasteiger partial charge in [-0.25, -0.2) is 0 Å². The molecule has 3 rings (SSSR count). The number of carboxylic acids is 1. The van der Waals surface area contributed by atoms with Crippen molar-refractivity contribution in [3.63, 3.8) is 0 Å². The van der Waals surface area contributed by atoms with E-state index in [1.165, 1.54) is 6.26 Å². The predicted octanol–water partition coefficient (Wildman–Crippen LogP) is 2.83. The van der Waals surface area contributed by atoms with E-state index in [1.54, 1.807) is 50.2 Å². The molecule has 25 heavy (non-hydrogen) atoms. The number of amides is 2. The zero-order chi connectivity index (χ0) is 18.2. The van der Waals surface area contributed by atoms with Crippen LogP contribution in [0, 0.1) is 17.3 Å². The molecular weight excluding hydrogens is 324 g/mol. The number of carbonyl (C=O) groups excluding carboxylic acids is 2. The molecule has 0 aliphatic heterocycles. The fraction of sp³-hybridized carbons (Fsp3) is 0.278. The minimum Gasteiger partial charge on any atom is -0.481 e. The van der Waals surface area contributed by atoms with Gasteiger partial charge in [-0.1, -0.05) is 19.9 Å². The van der Waals surface area contributed by atoms with Gasteiger partial charge in [-0.3, -0.25) is 14.4 Å². The van der Waals surface area contributed by atoms with Gasteiger partial charge >= 0.3 is 5.97 Å². The molecule has 2 amide bonds. The molecule has 130 valence electrons. The molecule has 0 unspecified atom stereocenters. The molecule has 1 saturated carbocycles. The van der Waals surface area contributed by atoms with Crippen molar-refractivity contribution in [1.82, 2.24) is 0 Å². The summed E-state index contributed by atoms with van der Waals surface area (Å²) in [6, 6.07) is 9.79. The van der Waals surface area contributed by atoms with Crippen molar-refractivity contribution >= 4 is 29.2 Å². The fourth-order valence-electron chi connectivity index (χ4n) is 3.08. The number of carbonyl (C=O) groups is 3. The third-order valence-corrected chi connectivity index (χ3v) is 4.51. The van der Waals surface area contributed by atoms with Gasteiger partial charge in [0.15, 0.2) is 5.76 Å². The van der Waals surface area contributed by atoms with Gasteiger partial charge in [-0.05, 0) is 35.7 Å². The molecule has 7 nitrogen and oxygen atoms in total. The lowest BCUT2D eigenvalue weighted by Gasteiger charge is -2.09. The molecule has 2 aromatic rings. The number of benzene rings is 1. The van der Waals surface area contributed by atoms with Crippen molar-refractivity contribution in [2.45, 2.75) is 13.8 Å². The molecule has 1 aliphatic rings. The summed E-state index contributed by atoms with van der Waals surface area (Å²) in [4.78, 5) is 35.5. The van der Waals surface area contributed by atoms with Crippen molar-refractivity contribution in [2.75, 3.05) is 10.6 Å². The van der Waals surface area contributed by atoms with Crippen molar-refractivity contribution in [1.29, 1.82) is 0 Å². The summed E-state index contributed by atoms with van der Waals surface area (Å²) in [5, 5.41) is 14.6. The Kier molecular flexibility index (Phi) is 4.08. The first-order valence-corrected chi connectivity index (χ1v) is 7.79. The van der Waals surface area contributed by atoms with Crippen LogP contribution in [0.3, 0.4) is 0 Å². The molecule has 0 bridgehead atoms. The average molecular weight is 342 g/mol. The van der Waals surface area contributed by atoms with E-state index in [2.05, 4.69) is 10.6 Å². The molecule has 0 radical (unpaired) electrons. The lowest BCUT2D eigenvalue weighted by molar-refractivity contribution is -0.140. The number of rotatable bonds is 5. The van der Waals surface area contributed by atoms with Gasteiger partial charge < -0.3 is 20.2 Å². The Morgan fingerprint density at radius 3 is 2.28 bits per heavy atom. The van der Waals surface area contributed by atoms with Crippen LogP contribution < -0.4 is 10.6 Å². The Bertz CT molecular complexity index is 826. The quantitative estimate of drug-likeness (QED) is 0.774.